The molecule has 2 amide bonds. The number of aryl methyl sites for hydroxylation is 1. The van der Waals surface area contributed by atoms with Crippen molar-refractivity contribution in [2.75, 3.05) is 16.4 Å². The molecule has 2 aromatic heterocycles. The van der Waals surface area contributed by atoms with Crippen LogP contribution in [0.4, 0.5) is 11.4 Å². The zero-order chi connectivity index (χ0) is 22.6. The summed E-state index contributed by atoms with van der Waals surface area (Å²) in [6.45, 7) is 0.560. The normalized spacial score (nSPS) is 12.8. The van der Waals surface area contributed by atoms with Gasteiger partial charge in [0.15, 0.2) is 10.9 Å². The summed E-state index contributed by atoms with van der Waals surface area (Å²) < 4.78 is 7.48. The summed E-state index contributed by atoms with van der Waals surface area (Å²) in [5.41, 5.74) is 3.62. The van der Waals surface area contributed by atoms with Crippen molar-refractivity contribution in [3.63, 3.8) is 0 Å². The van der Waals surface area contributed by atoms with Crippen LogP contribution in [0.15, 0.2) is 76.5 Å². The molecule has 2 N–H and O–H groups in total. The SMILES string of the molecule is O=C(CSc1nnc(-c2ccco2)n1Cc1ccccc1)Nc1ccc2c(c1)CCC(=O)N2. The fraction of sp³-hybridized carbons (Fsp3) is 0.167. The van der Waals surface area contributed by atoms with Gasteiger partial charge in [-0.15, -0.1) is 10.2 Å². The summed E-state index contributed by atoms with van der Waals surface area (Å²) in [6, 6.07) is 19.2. The van der Waals surface area contributed by atoms with Crippen LogP contribution in [0.25, 0.3) is 11.6 Å². The maximum atomic E-state index is 12.6. The molecule has 0 saturated carbocycles. The standard InChI is InChI=1S/C24H21N5O3S/c30-21-11-8-17-13-18(9-10-19(17)26-21)25-22(31)15-33-24-28-27-23(20-7-4-12-32-20)29(24)14-16-5-2-1-3-6-16/h1-7,9-10,12-13H,8,11,14-15H2,(H,25,31)(H,26,30). The van der Waals surface area contributed by atoms with Gasteiger partial charge in [0.2, 0.25) is 17.6 Å². The van der Waals surface area contributed by atoms with E-state index in [-0.39, 0.29) is 17.6 Å². The Kier molecular flexibility index (Phi) is 5.95. The molecular weight excluding hydrogens is 438 g/mol. The lowest BCUT2D eigenvalue weighted by atomic mass is 10.0. The Morgan fingerprint density at radius 1 is 1.09 bits per heavy atom. The minimum absolute atomic E-state index is 0.0178. The van der Waals surface area contributed by atoms with Gasteiger partial charge in [-0.2, -0.15) is 0 Å². The van der Waals surface area contributed by atoms with Crippen molar-refractivity contribution in [2.45, 2.75) is 24.5 Å². The number of thioether (sulfide) groups is 1. The molecule has 5 rings (SSSR count). The van der Waals surface area contributed by atoms with Gasteiger partial charge in [-0.05, 0) is 47.9 Å². The minimum atomic E-state index is -0.145. The first-order valence-corrected chi connectivity index (χ1v) is 11.5. The molecule has 1 aliphatic rings. The Balaban J connectivity index is 1.29. The number of furan rings is 1. The largest absolute Gasteiger partial charge is 0.461 e. The maximum absolute atomic E-state index is 12.6. The summed E-state index contributed by atoms with van der Waals surface area (Å²) in [7, 11) is 0. The number of amides is 2. The van der Waals surface area contributed by atoms with Crippen LogP contribution in [0.1, 0.15) is 17.5 Å². The predicted molar refractivity (Wildman–Crippen MR) is 126 cm³/mol. The second kappa shape index (κ2) is 9.33. The minimum Gasteiger partial charge on any atom is -0.461 e. The second-order valence-electron chi connectivity index (χ2n) is 7.61. The lowest BCUT2D eigenvalue weighted by molar-refractivity contribution is -0.116. The highest BCUT2D eigenvalue weighted by Crippen LogP contribution is 2.27. The van der Waals surface area contributed by atoms with Gasteiger partial charge in [0.05, 0.1) is 18.6 Å². The third kappa shape index (κ3) is 4.83. The van der Waals surface area contributed by atoms with Crippen LogP contribution >= 0.6 is 11.8 Å². The van der Waals surface area contributed by atoms with Crippen molar-refractivity contribution in [1.29, 1.82) is 0 Å². The molecule has 0 saturated heterocycles. The van der Waals surface area contributed by atoms with E-state index in [0.29, 0.717) is 41.8 Å². The Hall–Kier alpha value is -3.85. The van der Waals surface area contributed by atoms with E-state index >= 15 is 0 Å². The molecule has 8 nitrogen and oxygen atoms in total. The number of carbonyl (C=O) groups excluding carboxylic acids is 2. The van der Waals surface area contributed by atoms with Gasteiger partial charge >= 0.3 is 0 Å². The summed E-state index contributed by atoms with van der Waals surface area (Å²) >= 11 is 1.32. The van der Waals surface area contributed by atoms with Gasteiger partial charge in [0.25, 0.3) is 0 Å². The molecule has 166 valence electrons. The molecule has 0 atom stereocenters. The quantitative estimate of drug-likeness (QED) is 0.402. The Morgan fingerprint density at radius 2 is 1.97 bits per heavy atom. The number of aromatic nitrogens is 3. The van der Waals surface area contributed by atoms with Gasteiger partial charge in [0.1, 0.15) is 0 Å². The number of hydrogen-bond donors (Lipinski definition) is 2. The van der Waals surface area contributed by atoms with Crippen molar-refractivity contribution < 1.29 is 14.0 Å². The molecule has 4 aromatic rings. The summed E-state index contributed by atoms with van der Waals surface area (Å²) in [5, 5.41) is 15.0. The number of hydrogen-bond acceptors (Lipinski definition) is 6. The maximum Gasteiger partial charge on any atom is 0.234 e. The highest BCUT2D eigenvalue weighted by atomic mass is 32.2. The first-order valence-electron chi connectivity index (χ1n) is 10.5. The zero-order valence-electron chi connectivity index (χ0n) is 17.7. The van der Waals surface area contributed by atoms with Crippen molar-refractivity contribution in [3.05, 3.63) is 78.1 Å². The van der Waals surface area contributed by atoms with Gasteiger partial charge in [-0.25, -0.2) is 0 Å². The number of rotatable bonds is 7. The van der Waals surface area contributed by atoms with Gasteiger partial charge < -0.3 is 15.1 Å². The summed E-state index contributed by atoms with van der Waals surface area (Å²) in [6.07, 6.45) is 2.72. The van der Waals surface area contributed by atoms with E-state index in [2.05, 4.69) is 20.8 Å². The highest BCUT2D eigenvalue weighted by molar-refractivity contribution is 7.99. The van der Waals surface area contributed by atoms with Gasteiger partial charge in [-0.3, -0.25) is 14.2 Å². The number of carbonyl (C=O) groups is 2. The van der Waals surface area contributed by atoms with Gasteiger partial charge in [-0.1, -0.05) is 42.1 Å². The van der Waals surface area contributed by atoms with E-state index in [4.69, 9.17) is 4.42 Å². The first-order chi connectivity index (χ1) is 16.2. The topological polar surface area (TPSA) is 102 Å². The fourth-order valence-electron chi connectivity index (χ4n) is 3.68. The number of fused-ring (bicyclic) bond motifs is 1. The van der Waals surface area contributed by atoms with Crippen LogP contribution in [-0.4, -0.2) is 32.3 Å². The Labute approximate surface area is 194 Å². The van der Waals surface area contributed by atoms with E-state index in [1.54, 1.807) is 18.4 Å². The first kappa shape index (κ1) is 21.0. The Bertz CT molecular complexity index is 1280. The van der Waals surface area contributed by atoms with Crippen LogP contribution in [-0.2, 0) is 22.6 Å². The van der Waals surface area contributed by atoms with Crippen LogP contribution in [0, 0.1) is 0 Å². The molecule has 0 bridgehead atoms. The molecule has 33 heavy (non-hydrogen) atoms. The molecule has 0 unspecified atom stereocenters. The average molecular weight is 460 g/mol. The molecule has 9 heteroatoms. The monoisotopic (exact) mass is 459 g/mol. The number of nitrogens with zero attached hydrogens (tertiary/aromatic N) is 3. The number of anilines is 2. The molecular formula is C24H21N5O3S. The van der Waals surface area contributed by atoms with Crippen LogP contribution < -0.4 is 10.6 Å². The lowest BCUT2D eigenvalue weighted by Crippen LogP contribution is -2.20. The Morgan fingerprint density at radius 3 is 2.79 bits per heavy atom. The number of benzene rings is 2. The molecule has 0 spiro atoms. The fourth-order valence-corrected chi connectivity index (χ4v) is 4.42. The smallest absolute Gasteiger partial charge is 0.234 e. The predicted octanol–water partition coefficient (Wildman–Crippen LogP) is 4.20. The zero-order valence-corrected chi connectivity index (χ0v) is 18.5. The molecule has 1 aliphatic heterocycles. The molecule has 0 fully saturated rings. The van der Waals surface area contributed by atoms with Crippen LogP contribution in [0.5, 0.6) is 0 Å². The molecule has 2 aromatic carbocycles. The van der Waals surface area contributed by atoms with E-state index in [1.807, 2.05) is 53.1 Å². The van der Waals surface area contributed by atoms with Crippen molar-refractivity contribution in [2.24, 2.45) is 0 Å². The van der Waals surface area contributed by atoms with Crippen molar-refractivity contribution in [1.82, 2.24) is 14.8 Å². The molecule has 0 aliphatic carbocycles. The van der Waals surface area contributed by atoms with Crippen molar-refractivity contribution >= 4 is 35.0 Å². The van der Waals surface area contributed by atoms with E-state index in [9.17, 15) is 9.59 Å². The molecule has 3 heterocycles. The summed E-state index contributed by atoms with van der Waals surface area (Å²) in [4.78, 5) is 24.2. The van der Waals surface area contributed by atoms with Crippen molar-refractivity contribution in [3.8, 4) is 11.6 Å². The van der Waals surface area contributed by atoms with Crippen LogP contribution in [0.3, 0.4) is 0 Å². The van der Waals surface area contributed by atoms with E-state index in [0.717, 1.165) is 16.8 Å². The highest BCUT2D eigenvalue weighted by Gasteiger charge is 2.19. The second-order valence-corrected chi connectivity index (χ2v) is 8.55. The third-order valence-electron chi connectivity index (χ3n) is 5.26. The third-order valence-corrected chi connectivity index (χ3v) is 6.23. The number of nitrogens with one attached hydrogen (secondary N) is 2. The van der Waals surface area contributed by atoms with E-state index in [1.165, 1.54) is 11.8 Å². The van der Waals surface area contributed by atoms with Gasteiger partial charge in [0, 0.05) is 17.8 Å². The van der Waals surface area contributed by atoms with E-state index < -0.39 is 0 Å². The average Bonchev–Trinajstić information content (AvgIpc) is 3.49. The summed E-state index contributed by atoms with van der Waals surface area (Å²) in [5.74, 6) is 1.29. The lowest BCUT2D eigenvalue weighted by Gasteiger charge is -2.17. The van der Waals surface area contributed by atoms with Crippen LogP contribution in [0.2, 0.25) is 0 Å². The molecule has 0 radical (unpaired) electrons.